The van der Waals surface area contributed by atoms with E-state index in [1.807, 2.05) is 0 Å². The molecule has 1 radical (unpaired) electrons. The molecular formula is C22H38NO2. The summed E-state index contributed by atoms with van der Waals surface area (Å²) in [6.45, 7) is 4.18. The summed E-state index contributed by atoms with van der Waals surface area (Å²) in [6, 6.07) is -0.236. The standard InChI is InChI=1S/C22H38NO2/c1-2-3-4-5-6-7-8-9-10-12-15-21(19-24)18-22(20-25)23-16-13-11-14-17-23/h22H,2-18H2,1H3. The summed E-state index contributed by atoms with van der Waals surface area (Å²) >= 11 is 0. The second-order valence-electron chi connectivity index (χ2n) is 7.57. The van der Waals surface area contributed by atoms with Crippen LogP contribution in [0.2, 0.25) is 0 Å². The van der Waals surface area contributed by atoms with Gasteiger partial charge < -0.3 is 0 Å². The Hall–Kier alpha value is -0.920. The van der Waals surface area contributed by atoms with Gasteiger partial charge in [-0.15, -0.1) is 0 Å². The molecule has 0 spiro atoms. The van der Waals surface area contributed by atoms with Crippen molar-refractivity contribution in [3.63, 3.8) is 0 Å². The van der Waals surface area contributed by atoms with Gasteiger partial charge in [-0.2, -0.15) is 0 Å². The quantitative estimate of drug-likeness (QED) is 0.293. The highest BCUT2D eigenvalue weighted by Crippen LogP contribution is 2.19. The molecule has 143 valence electrons. The SMILES string of the molecule is CCCCCCCCCCCCC(=C=O)CC([C]=O)N1CCCCC1. The van der Waals surface area contributed by atoms with Crippen LogP contribution < -0.4 is 0 Å². The Balaban J connectivity index is 2.09. The molecule has 3 heteroatoms. The Labute approximate surface area is 155 Å². The molecule has 0 N–H and O–H groups in total. The van der Waals surface area contributed by atoms with Crippen molar-refractivity contribution in [1.29, 1.82) is 0 Å². The first kappa shape index (κ1) is 22.1. The topological polar surface area (TPSA) is 37.4 Å². The normalized spacial score (nSPS) is 16.4. The lowest BCUT2D eigenvalue weighted by Gasteiger charge is -2.30. The molecule has 1 saturated heterocycles. The second-order valence-corrected chi connectivity index (χ2v) is 7.57. The highest BCUT2D eigenvalue weighted by molar-refractivity contribution is 5.62. The summed E-state index contributed by atoms with van der Waals surface area (Å²) in [5, 5.41) is 0. The first-order valence-electron chi connectivity index (χ1n) is 10.7. The first-order valence-corrected chi connectivity index (χ1v) is 10.7. The maximum absolute atomic E-state index is 11.3. The number of nitrogens with zero attached hydrogens (tertiary/aromatic N) is 1. The monoisotopic (exact) mass is 348 g/mol. The zero-order chi connectivity index (χ0) is 18.2. The number of likely N-dealkylation sites (tertiary alicyclic amines) is 1. The molecule has 0 saturated carbocycles. The predicted octanol–water partition coefficient (Wildman–Crippen LogP) is 5.41. The van der Waals surface area contributed by atoms with Crippen molar-refractivity contribution < 1.29 is 9.59 Å². The third kappa shape index (κ3) is 10.6. The van der Waals surface area contributed by atoms with Gasteiger partial charge in [0, 0.05) is 12.0 Å². The molecular weight excluding hydrogens is 310 g/mol. The summed E-state index contributed by atoms with van der Waals surface area (Å²) in [5.41, 5.74) is 0.776. The minimum atomic E-state index is -0.236. The van der Waals surface area contributed by atoms with Crippen molar-refractivity contribution in [2.45, 2.75) is 109 Å². The average Bonchev–Trinajstić information content (AvgIpc) is 2.66. The van der Waals surface area contributed by atoms with E-state index in [0.717, 1.165) is 44.3 Å². The highest BCUT2D eigenvalue weighted by atomic mass is 16.1. The molecule has 0 aliphatic carbocycles. The van der Waals surface area contributed by atoms with Gasteiger partial charge >= 0.3 is 0 Å². The summed E-state index contributed by atoms with van der Waals surface area (Å²) in [7, 11) is 0. The van der Waals surface area contributed by atoms with Gasteiger partial charge in [-0.1, -0.05) is 71.1 Å². The molecule has 3 nitrogen and oxygen atoms in total. The minimum Gasteiger partial charge on any atom is -0.293 e. The van der Waals surface area contributed by atoms with Gasteiger partial charge in [0.1, 0.15) is 5.94 Å². The van der Waals surface area contributed by atoms with Gasteiger partial charge in [0.2, 0.25) is 6.29 Å². The molecule has 1 rings (SSSR count). The molecule has 0 bridgehead atoms. The van der Waals surface area contributed by atoms with Crippen LogP contribution in [0.15, 0.2) is 5.57 Å². The van der Waals surface area contributed by atoms with E-state index in [9.17, 15) is 9.59 Å². The third-order valence-electron chi connectivity index (χ3n) is 5.38. The molecule has 1 aliphatic rings. The molecule has 1 heterocycles. The van der Waals surface area contributed by atoms with Crippen molar-refractivity contribution >= 4 is 12.2 Å². The first-order chi connectivity index (χ1) is 12.3. The molecule has 1 aliphatic heterocycles. The van der Waals surface area contributed by atoms with E-state index in [-0.39, 0.29) is 6.04 Å². The number of piperidine rings is 1. The van der Waals surface area contributed by atoms with Gasteiger partial charge in [0.05, 0.1) is 6.04 Å². The van der Waals surface area contributed by atoms with E-state index in [1.54, 1.807) is 0 Å². The summed E-state index contributed by atoms with van der Waals surface area (Å²) in [5.74, 6) is 2.10. The molecule has 0 aromatic carbocycles. The van der Waals surface area contributed by atoms with Gasteiger partial charge in [-0.25, -0.2) is 4.79 Å². The fraction of sp³-hybridized carbons (Fsp3) is 0.864. The molecule has 0 amide bonds. The highest BCUT2D eigenvalue weighted by Gasteiger charge is 2.22. The number of hydrogen-bond acceptors (Lipinski definition) is 3. The lowest BCUT2D eigenvalue weighted by molar-refractivity contribution is 0.196. The molecule has 25 heavy (non-hydrogen) atoms. The number of rotatable bonds is 15. The van der Waals surface area contributed by atoms with Gasteiger partial charge in [0.15, 0.2) is 0 Å². The smallest absolute Gasteiger partial charge is 0.217 e. The van der Waals surface area contributed by atoms with E-state index in [1.165, 1.54) is 64.2 Å². The third-order valence-corrected chi connectivity index (χ3v) is 5.38. The Morgan fingerprint density at radius 2 is 1.40 bits per heavy atom. The average molecular weight is 349 g/mol. The number of unbranched alkanes of at least 4 members (excludes halogenated alkanes) is 9. The van der Waals surface area contributed by atoms with Crippen LogP contribution in [0.3, 0.4) is 0 Å². The van der Waals surface area contributed by atoms with Crippen LogP contribution in [0.5, 0.6) is 0 Å². The Morgan fingerprint density at radius 3 is 1.92 bits per heavy atom. The zero-order valence-corrected chi connectivity index (χ0v) is 16.4. The van der Waals surface area contributed by atoms with Crippen molar-refractivity contribution in [2.75, 3.05) is 13.1 Å². The lowest BCUT2D eigenvalue weighted by atomic mass is 9.98. The second kappa shape index (κ2) is 15.3. The van der Waals surface area contributed by atoms with E-state index >= 15 is 0 Å². The summed E-state index contributed by atoms with van der Waals surface area (Å²) < 4.78 is 0. The largest absolute Gasteiger partial charge is 0.293 e. The molecule has 0 aromatic heterocycles. The fourth-order valence-electron chi connectivity index (χ4n) is 3.73. The Kier molecular flexibility index (Phi) is 13.6. The van der Waals surface area contributed by atoms with Crippen molar-refractivity contribution in [1.82, 2.24) is 4.90 Å². The molecule has 1 atom stereocenters. The van der Waals surface area contributed by atoms with E-state index in [0.29, 0.717) is 6.42 Å². The summed E-state index contributed by atoms with van der Waals surface area (Å²) in [4.78, 5) is 24.7. The van der Waals surface area contributed by atoms with Gasteiger partial charge in [0.25, 0.3) is 0 Å². The Morgan fingerprint density at radius 1 is 0.840 bits per heavy atom. The van der Waals surface area contributed by atoms with Gasteiger partial charge in [-0.3, -0.25) is 9.69 Å². The van der Waals surface area contributed by atoms with Crippen molar-refractivity contribution in [3.8, 4) is 0 Å². The van der Waals surface area contributed by atoms with Crippen LogP contribution in [0.1, 0.15) is 103 Å². The van der Waals surface area contributed by atoms with Crippen molar-refractivity contribution in [2.24, 2.45) is 0 Å². The summed E-state index contributed by atoms with van der Waals surface area (Å²) in [6.07, 6.45) is 20.0. The maximum Gasteiger partial charge on any atom is 0.217 e. The Bertz CT molecular complexity index is 381. The fourth-order valence-corrected chi connectivity index (χ4v) is 3.73. The number of hydrogen-bond donors (Lipinski definition) is 0. The van der Waals surface area contributed by atoms with Crippen LogP contribution >= 0.6 is 0 Å². The van der Waals surface area contributed by atoms with Crippen LogP contribution in [0.4, 0.5) is 0 Å². The molecule has 1 fully saturated rings. The lowest BCUT2D eigenvalue weighted by Crippen LogP contribution is -2.40. The van der Waals surface area contributed by atoms with Crippen LogP contribution in [-0.2, 0) is 9.59 Å². The van der Waals surface area contributed by atoms with E-state index in [4.69, 9.17) is 0 Å². The van der Waals surface area contributed by atoms with Gasteiger partial charge in [-0.05, 0) is 38.8 Å². The molecule has 1 unspecified atom stereocenters. The van der Waals surface area contributed by atoms with Crippen molar-refractivity contribution in [3.05, 3.63) is 5.57 Å². The van der Waals surface area contributed by atoms with Crippen LogP contribution in [-0.4, -0.2) is 36.3 Å². The maximum atomic E-state index is 11.3. The van der Waals surface area contributed by atoms with Crippen LogP contribution in [0, 0.1) is 0 Å². The molecule has 0 aromatic rings. The van der Waals surface area contributed by atoms with E-state index in [2.05, 4.69) is 24.1 Å². The predicted molar refractivity (Wildman–Crippen MR) is 105 cm³/mol. The minimum absolute atomic E-state index is 0.236. The van der Waals surface area contributed by atoms with E-state index < -0.39 is 0 Å². The van der Waals surface area contributed by atoms with Crippen LogP contribution in [0.25, 0.3) is 0 Å². The number of carbonyl (C=O) groups excluding carboxylic acids is 2. The zero-order valence-electron chi connectivity index (χ0n) is 16.4.